The van der Waals surface area contributed by atoms with E-state index in [0.717, 1.165) is 155 Å². The van der Waals surface area contributed by atoms with E-state index >= 15 is 0 Å². The van der Waals surface area contributed by atoms with E-state index in [4.69, 9.17) is 0 Å². The summed E-state index contributed by atoms with van der Waals surface area (Å²) in [7, 11) is -3.01. The lowest BCUT2D eigenvalue weighted by Gasteiger charge is -2.18. The molecule has 0 aromatic heterocycles. The third-order valence-electron chi connectivity index (χ3n) is 20.4. The highest BCUT2D eigenvalue weighted by molar-refractivity contribution is 9.10. The quantitative estimate of drug-likeness (QED) is 0.0220. The molecule has 7 nitrogen and oxygen atoms in total. The van der Waals surface area contributed by atoms with Gasteiger partial charge in [-0.3, -0.25) is 12.6 Å². The van der Waals surface area contributed by atoms with Gasteiger partial charge in [-0.05, 0) is 223 Å². The van der Waals surface area contributed by atoms with Crippen LogP contribution < -0.4 is 21.3 Å². The number of unbranched alkanes of at least 4 members (excludes halogenated alkanes) is 1. The summed E-state index contributed by atoms with van der Waals surface area (Å²) in [5.74, 6) is 2.73. The van der Waals surface area contributed by atoms with Crippen molar-refractivity contribution in [1.29, 1.82) is 0 Å². The van der Waals surface area contributed by atoms with Crippen molar-refractivity contribution in [3.05, 3.63) is 462 Å². The second-order valence-electron chi connectivity index (χ2n) is 30.0. The molecule has 18 heteroatoms. The lowest BCUT2D eigenvalue weighted by atomic mass is 10.0. The van der Waals surface area contributed by atoms with Gasteiger partial charge >= 0.3 is 0 Å². The molecule has 0 bridgehead atoms. The van der Waals surface area contributed by atoms with E-state index in [0.29, 0.717) is 23.3 Å². The Bertz CT molecular complexity index is 4720. The summed E-state index contributed by atoms with van der Waals surface area (Å²) in [6.07, 6.45) is 9.82. The summed E-state index contributed by atoms with van der Waals surface area (Å²) in [6.45, 7) is 11.5. The molecule has 0 spiro atoms. The topological polar surface area (TPSA) is 99.3 Å². The van der Waals surface area contributed by atoms with Crippen LogP contribution >= 0.6 is 55.4 Å². The number of hydrogen-bond donors (Lipinski definition) is 4. The SMILES string of the molecule is Brc1ccc(C(SCCNCCCc2ccccc2)c2ccc(Br)cc2)cc1.CCCCNCCS(=O)C(c1ccccc1)c1ccccc1.CCCS(=O)C(c1ccccc1)c1ccccc1.Fc1ccc(C(SCCNCCCc2ccccc2)c2ccc(F)cc2)cc1.O=S(CCNCCCc1ccccc1)C(c1ccc(F)cc1)c1ccc(F)cc1. The maximum absolute atomic E-state index is 13.3. The molecular formula is C107H118Br2F4N4O3S5. The molecular weight excluding hydrogens is 1790 g/mol. The molecule has 13 aromatic rings. The first-order chi connectivity index (χ1) is 61.2. The normalized spacial score (nSPS) is 11.8. The predicted molar refractivity (Wildman–Crippen MR) is 534 cm³/mol. The Morgan fingerprint density at radius 2 is 0.480 bits per heavy atom. The van der Waals surface area contributed by atoms with Crippen molar-refractivity contribution in [3.63, 3.8) is 0 Å². The first kappa shape index (κ1) is 100. The van der Waals surface area contributed by atoms with Gasteiger partial charge in [0.2, 0.25) is 0 Å². The molecule has 0 saturated heterocycles. The molecule has 4 N–H and O–H groups in total. The lowest BCUT2D eigenvalue weighted by molar-refractivity contribution is 0.625. The van der Waals surface area contributed by atoms with Crippen molar-refractivity contribution >= 4 is 87.8 Å². The van der Waals surface area contributed by atoms with Crippen molar-refractivity contribution < 1.29 is 30.2 Å². The van der Waals surface area contributed by atoms with Crippen molar-refractivity contribution in [3.8, 4) is 0 Å². The summed E-state index contributed by atoms with van der Waals surface area (Å²) < 4.78 is 93.8. The minimum Gasteiger partial charge on any atom is -0.316 e. The number of nitrogens with one attached hydrogen (secondary N) is 4. The van der Waals surface area contributed by atoms with Crippen LogP contribution in [0.15, 0.2) is 367 Å². The van der Waals surface area contributed by atoms with E-state index in [1.807, 2.05) is 133 Å². The van der Waals surface area contributed by atoms with E-state index in [2.05, 4.69) is 231 Å². The highest BCUT2D eigenvalue weighted by Gasteiger charge is 2.25. The Morgan fingerprint density at radius 3 is 0.744 bits per heavy atom. The molecule has 0 fully saturated rings. The predicted octanol–water partition coefficient (Wildman–Crippen LogP) is 26.1. The zero-order valence-electron chi connectivity index (χ0n) is 71.5. The van der Waals surface area contributed by atoms with Gasteiger partial charge in [-0.1, -0.05) is 337 Å². The summed E-state index contributed by atoms with van der Waals surface area (Å²) in [6, 6.07) is 115. The van der Waals surface area contributed by atoms with Gasteiger partial charge < -0.3 is 21.3 Å². The van der Waals surface area contributed by atoms with E-state index < -0.39 is 37.6 Å². The molecule has 3 unspecified atom stereocenters. The number of benzene rings is 13. The second-order valence-corrected chi connectivity index (χ2v) is 39.2. The fourth-order valence-corrected chi connectivity index (χ4v) is 21.5. The number of rotatable bonds is 44. The summed E-state index contributed by atoms with van der Waals surface area (Å²) >= 11 is 10.9. The summed E-state index contributed by atoms with van der Waals surface area (Å²) in [4.78, 5) is 0. The largest absolute Gasteiger partial charge is 0.316 e. The maximum atomic E-state index is 13.3. The maximum Gasteiger partial charge on any atom is 0.123 e. The zero-order chi connectivity index (χ0) is 88.1. The molecule has 0 aliphatic heterocycles. The average Bonchev–Trinajstić information content (AvgIpc) is 0.827. The average molecular weight is 1900 g/mol. The lowest BCUT2D eigenvalue weighted by Crippen LogP contribution is -2.24. The first-order valence-corrected chi connectivity index (χ1v) is 51.1. The molecule has 0 heterocycles. The van der Waals surface area contributed by atoms with Gasteiger partial charge in [0, 0.05) is 96.3 Å². The third kappa shape index (κ3) is 37.8. The monoisotopic (exact) mass is 1900 g/mol. The summed E-state index contributed by atoms with van der Waals surface area (Å²) in [5, 5.41) is 13.8. The Morgan fingerprint density at radius 1 is 0.256 bits per heavy atom. The molecule has 125 heavy (non-hydrogen) atoms. The van der Waals surface area contributed by atoms with Gasteiger partial charge in [-0.15, -0.1) is 23.5 Å². The van der Waals surface area contributed by atoms with Crippen molar-refractivity contribution in [1.82, 2.24) is 21.3 Å². The van der Waals surface area contributed by atoms with Crippen LogP contribution in [0, 0.1) is 23.3 Å². The van der Waals surface area contributed by atoms with Gasteiger partial charge in [-0.2, -0.15) is 0 Å². The van der Waals surface area contributed by atoms with Gasteiger partial charge in [-0.25, -0.2) is 17.6 Å². The van der Waals surface area contributed by atoms with Crippen LogP contribution in [0.5, 0.6) is 0 Å². The van der Waals surface area contributed by atoms with Crippen molar-refractivity contribution in [2.24, 2.45) is 0 Å². The zero-order valence-corrected chi connectivity index (χ0v) is 78.8. The fourth-order valence-electron chi connectivity index (χ4n) is 14.0. The minimum absolute atomic E-state index is 0.00708. The molecule has 0 radical (unpaired) electrons. The van der Waals surface area contributed by atoms with Crippen LogP contribution in [-0.4, -0.2) is 93.7 Å². The van der Waals surface area contributed by atoms with Crippen LogP contribution in [-0.2, 0) is 51.7 Å². The summed E-state index contributed by atoms with van der Waals surface area (Å²) in [5.41, 5.74) is 14.9. The van der Waals surface area contributed by atoms with Gasteiger partial charge in [0.25, 0.3) is 0 Å². The number of halogens is 6. The van der Waals surface area contributed by atoms with Crippen LogP contribution in [0.3, 0.4) is 0 Å². The number of thioether (sulfide) groups is 2. The highest BCUT2D eigenvalue weighted by Crippen LogP contribution is 2.39. The van der Waals surface area contributed by atoms with Gasteiger partial charge in [0.05, 0.1) is 26.2 Å². The molecule has 0 aliphatic carbocycles. The molecule has 13 aromatic carbocycles. The van der Waals surface area contributed by atoms with E-state index in [9.17, 15) is 30.2 Å². The van der Waals surface area contributed by atoms with Crippen LogP contribution in [0.4, 0.5) is 17.6 Å². The number of aryl methyl sites for hydroxylation is 3. The number of hydrogen-bond acceptors (Lipinski definition) is 9. The molecule has 3 atom stereocenters. The Balaban J connectivity index is 0.000000179. The minimum atomic E-state index is -1.22. The Kier molecular flexibility index (Phi) is 47.8. The smallest absolute Gasteiger partial charge is 0.123 e. The van der Waals surface area contributed by atoms with Crippen molar-refractivity contribution in [2.45, 2.75) is 97.9 Å². The molecule has 0 amide bonds. The van der Waals surface area contributed by atoms with E-state index in [1.165, 1.54) is 95.6 Å². The highest BCUT2D eigenvalue weighted by atomic mass is 79.9. The fraction of sp³-hybridized carbons (Fsp3) is 0.271. The second kappa shape index (κ2) is 59.5. The molecule has 656 valence electrons. The Hall–Kier alpha value is -8.47. The van der Waals surface area contributed by atoms with Crippen molar-refractivity contribution in [2.75, 3.05) is 81.1 Å². The molecule has 0 saturated carbocycles. The van der Waals surface area contributed by atoms with E-state index in [1.54, 1.807) is 36.0 Å². The third-order valence-corrected chi connectivity index (χ3v) is 29.3. The van der Waals surface area contributed by atoms with Crippen LogP contribution in [0.2, 0.25) is 0 Å². The molecule has 0 aliphatic rings. The van der Waals surface area contributed by atoms with Gasteiger partial charge in [0.1, 0.15) is 23.3 Å². The molecule has 13 rings (SSSR count). The Labute approximate surface area is 774 Å². The van der Waals surface area contributed by atoms with Crippen LogP contribution in [0.25, 0.3) is 0 Å². The standard InChI is InChI=1S/C24H25Br2NS.C24H25F2NOS.C24H25F2NS.C19H25NOS.C16H18OS/c25-22-12-8-20(9-13-22)24(21-10-14-23(26)15-11-21)28-18-17-27-16-4-7-19-5-2-1-3-6-19;25-22-12-8-20(9-13-22)24(21-10-14-23(26)15-11-21)29(28)18-17-27-16-4-7-19-5-2-1-3-6-19;25-22-12-8-20(9-13-22)24(21-10-14-23(26)15-11-21)28-18-17-27-16-4-7-19-5-2-1-3-6-19;1-2-3-14-20-15-16-22(21)19(17-10-6-4-7-11-17)18-12-8-5-9-13-18;1-2-13-18(17)16(14-9-5-3-6-10-14)15-11-7-4-8-12-15/h1-3,5-6,8-15,24,27H,4,7,16-18H2;1-3,5-6,8-15,24,27H,4,7,16-18H2;1-3,5-6,8-15,24,27H,4,7,16-18H2;4-13,19-20H,2-3,14-16H2,1H3;3-12,16H,2,13H2,1H3. The first-order valence-electron chi connectivity index (χ1n) is 43.2. The van der Waals surface area contributed by atoms with Gasteiger partial charge in [0.15, 0.2) is 0 Å². The van der Waals surface area contributed by atoms with E-state index in [-0.39, 0.29) is 39.0 Å². The van der Waals surface area contributed by atoms with Crippen LogP contribution in [0.1, 0.15) is 151 Å².